The second-order valence-electron chi connectivity index (χ2n) is 4.75. The van der Waals surface area contributed by atoms with Crippen LogP contribution in [-0.4, -0.2) is 16.1 Å². The molecular formula is C13H15N3OS2. The van der Waals surface area contributed by atoms with Crippen molar-refractivity contribution in [3.05, 3.63) is 27.4 Å². The Labute approximate surface area is 119 Å². The van der Waals surface area contributed by atoms with E-state index < -0.39 is 0 Å². The van der Waals surface area contributed by atoms with E-state index in [4.69, 9.17) is 0 Å². The van der Waals surface area contributed by atoms with Gasteiger partial charge in [0.15, 0.2) is 0 Å². The maximum atomic E-state index is 11.9. The lowest BCUT2D eigenvalue weighted by Crippen LogP contribution is -2.10. The van der Waals surface area contributed by atoms with E-state index in [1.807, 2.05) is 16.8 Å². The Morgan fingerprint density at radius 3 is 2.84 bits per heavy atom. The van der Waals surface area contributed by atoms with E-state index in [1.54, 1.807) is 0 Å². The normalized spacial score (nSPS) is 16.4. The maximum Gasteiger partial charge on any atom is 0.258 e. The molecule has 4 nitrogen and oxygen atoms in total. The Balaban J connectivity index is 1.66. The minimum absolute atomic E-state index is 0.104. The van der Waals surface area contributed by atoms with Crippen molar-refractivity contribution in [2.75, 3.05) is 5.32 Å². The van der Waals surface area contributed by atoms with Crippen molar-refractivity contribution in [3.8, 4) is 0 Å². The summed E-state index contributed by atoms with van der Waals surface area (Å²) in [6.45, 7) is 0. The summed E-state index contributed by atoms with van der Waals surface area (Å²) in [5.41, 5.74) is 0.680. The van der Waals surface area contributed by atoms with Crippen molar-refractivity contribution in [2.45, 2.75) is 38.0 Å². The number of thiophene rings is 1. The van der Waals surface area contributed by atoms with Gasteiger partial charge in [-0.1, -0.05) is 30.6 Å². The summed E-state index contributed by atoms with van der Waals surface area (Å²) in [7, 11) is 0. The topological polar surface area (TPSA) is 54.9 Å². The molecule has 0 radical (unpaired) electrons. The van der Waals surface area contributed by atoms with Crippen LogP contribution in [0.1, 0.15) is 53.4 Å². The molecule has 100 valence electrons. The highest BCUT2D eigenvalue weighted by Crippen LogP contribution is 2.35. The van der Waals surface area contributed by atoms with Gasteiger partial charge in [-0.05, 0) is 24.3 Å². The smallest absolute Gasteiger partial charge is 0.258 e. The Bertz CT molecular complexity index is 544. The molecule has 0 aromatic carbocycles. The van der Waals surface area contributed by atoms with Crippen molar-refractivity contribution in [2.24, 2.45) is 0 Å². The number of nitrogens with one attached hydrogen (secondary N) is 1. The van der Waals surface area contributed by atoms with Crippen LogP contribution in [0, 0.1) is 0 Å². The lowest BCUT2D eigenvalue weighted by molar-refractivity contribution is 0.102. The quantitative estimate of drug-likeness (QED) is 0.933. The van der Waals surface area contributed by atoms with Crippen LogP contribution >= 0.6 is 22.7 Å². The highest BCUT2D eigenvalue weighted by Gasteiger charge is 2.20. The van der Waals surface area contributed by atoms with Gasteiger partial charge in [-0.3, -0.25) is 10.1 Å². The maximum absolute atomic E-state index is 11.9. The van der Waals surface area contributed by atoms with Crippen molar-refractivity contribution in [1.82, 2.24) is 10.2 Å². The number of rotatable bonds is 3. The summed E-state index contributed by atoms with van der Waals surface area (Å²) < 4.78 is 0. The number of anilines is 1. The van der Waals surface area contributed by atoms with Gasteiger partial charge in [-0.15, -0.1) is 10.2 Å². The van der Waals surface area contributed by atoms with Crippen LogP contribution in [0.25, 0.3) is 0 Å². The molecule has 2 heterocycles. The van der Waals surface area contributed by atoms with Crippen molar-refractivity contribution in [1.29, 1.82) is 0 Å². The molecule has 6 heteroatoms. The molecule has 0 unspecified atom stereocenters. The lowest BCUT2D eigenvalue weighted by atomic mass is 9.90. The molecule has 1 aliphatic rings. The highest BCUT2D eigenvalue weighted by molar-refractivity contribution is 7.15. The predicted molar refractivity (Wildman–Crippen MR) is 78.0 cm³/mol. The van der Waals surface area contributed by atoms with Crippen LogP contribution in [0.5, 0.6) is 0 Å². The molecule has 3 rings (SSSR count). The van der Waals surface area contributed by atoms with Crippen LogP contribution < -0.4 is 5.32 Å². The standard InChI is InChI=1S/C13H15N3OS2/c17-11(10-6-7-18-8-10)14-13-16-15-12(19-13)9-4-2-1-3-5-9/h6-9H,1-5H2,(H,14,16,17). The van der Waals surface area contributed by atoms with E-state index >= 15 is 0 Å². The fourth-order valence-electron chi connectivity index (χ4n) is 2.36. The minimum atomic E-state index is -0.104. The first-order valence-corrected chi connectivity index (χ1v) is 8.26. The zero-order valence-electron chi connectivity index (χ0n) is 10.5. The second-order valence-corrected chi connectivity index (χ2v) is 6.54. The molecule has 19 heavy (non-hydrogen) atoms. The van der Waals surface area contributed by atoms with Crippen LogP contribution in [0.15, 0.2) is 16.8 Å². The Kier molecular flexibility index (Phi) is 3.89. The third-order valence-electron chi connectivity index (χ3n) is 3.40. The monoisotopic (exact) mass is 293 g/mol. The van der Waals surface area contributed by atoms with E-state index in [0.29, 0.717) is 16.6 Å². The van der Waals surface area contributed by atoms with E-state index in [9.17, 15) is 4.79 Å². The number of nitrogens with zero attached hydrogens (tertiary/aromatic N) is 2. The molecule has 0 aliphatic heterocycles. The molecule has 0 spiro atoms. The Morgan fingerprint density at radius 2 is 2.11 bits per heavy atom. The highest BCUT2D eigenvalue weighted by atomic mass is 32.1. The molecule has 0 atom stereocenters. The minimum Gasteiger partial charge on any atom is -0.296 e. The summed E-state index contributed by atoms with van der Waals surface area (Å²) in [4.78, 5) is 11.9. The first-order valence-electron chi connectivity index (χ1n) is 6.50. The molecule has 1 N–H and O–H groups in total. The van der Waals surface area contributed by atoms with Crippen molar-refractivity contribution >= 4 is 33.7 Å². The summed E-state index contributed by atoms with van der Waals surface area (Å²) >= 11 is 3.03. The molecule has 1 saturated carbocycles. The van der Waals surface area contributed by atoms with Crippen LogP contribution in [-0.2, 0) is 0 Å². The first kappa shape index (κ1) is 12.7. The predicted octanol–water partition coefficient (Wildman–Crippen LogP) is 3.90. The van der Waals surface area contributed by atoms with Gasteiger partial charge in [0.1, 0.15) is 5.01 Å². The zero-order chi connectivity index (χ0) is 13.1. The van der Waals surface area contributed by atoms with E-state index in [1.165, 1.54) is 54.8 Å². The molecular weight excluding hydrogens is 278 g/mol. The van der Waals surface area contributed by atoms with Crippen LogP contribution in [0.2, 0.25) is 0 Å². The second kappa shape index (κ2) is 5.79. The number of aromatic nitrogens is 2. The number of carbonyl (C=O) groups is 1. The summed E-state index contributed by atoms with van der Waals surface area (Å²) in [6.07, 6.45) is 6.29. The van der Waals surface area contributed by atoms with Gasteiger partial charge >= 0.3 is 0 Å². The average Bonchev–Trinajstić information content (AvgIpc) is 3.11. The number of amides is 1. The average molecular weight is 293 g/mol. The fourth-order valence-corrected chi connectivity index (χ4v) is 3.91. The van der Waals surface area contributed by atoms with E-state index in [2.05, 4.69) is 15.5 Å². The van der Waals surface area contributed by atoms with Crippen molar-refractivity contribution in [3.63, 3.8) is 0 Å². The third kappa shape index (κ3) is 3.01. The lowest BCUT2D eigenvalue weighted by Gasteiger charge is -2.18. The molecule has 0 bridgehead atoms. The van der Waals surface area contributed by atoms with Gasteiger partial charge in [0, 0.05) is 11.3 Å². The van der Waals surface area contributed by atoms with Gasteiger partial charge in [-0.2, -0.15) is 11.3 Å². The summed E-state index contributed by atoms with van der Waals surface area (Å²) in [5, 5.41) is 16.5. The van der Waals surface area contributed by atoms with Gasteiger partial charge in [0.2, 0.25) is 5.13 Å². The molecule has 1 amide bonds. The molecule has 1 fully saturated rings. The number of hydrogen-bond donors (Lipinski definition) is 1. The SMILES string of the molecule is O=C(Nc1nnc(C2CCCCC2)s1)c1ccsc1. The van der Waals surface area contributed by atoms with Gasteiger partial charge in [-0.25, -0.2) is 0 Å². The number of carbonyl (C=O) groups excluding carboxylic acids is 1. The van der Waals surface area contributed by atoms with Crippen molar-refractivity contribution < 1.29 is 4.79 Å². The largest absolute Gasteiger partial charge is 0.296 e. The molecule has 2 aromatic rings. The third-order valence-corrected chi connectivity index (χ3v) is 5.08. The van der Waals surface area contributed by atoms with Gasteiger partial charge < -0.3 is 0 Å². The van der Waals surface area contributed by atoms with Crippen LogP contribution in [0.4, 0.5) is 5.13 Å². The van der Waals surface area contributed by atoms with Crippen LogP contribution in [0.3, 0.4) is 0 Å². The molecule has 0 saturated heterocycles. The fraction of sp³-hybridized carbons (Fsp3) is 0.462. The van der Waals surface area contributed by atoms with Gasteiger partial charge in [0.25, 0.3) is 5.91 Å². The zero-order valence-corrected chi connectivity index (χ0v) is 12.1. The Morgan fingerprint density at radius 1 is 1.26 bits per heavy atom. The first-order chi connectivity index (χ1) is 9.33. The van der Waals surface area contributed by atoms with E-state index in [-0.39, 0.29) is 5.91 Å². The van der Waals surface area contributed by atoms with E-state index in [0.717, 1.165) is 5.01 Å². The summed E-state index contributed by atoms with van der Waals surface area (Å²) in [5.74, 6) is 0.436. The number of hydrogen-bond acceptors (Lipinski definition) is 5. The summed E-state index contributed by atoms with van der Waals surface area (Å²) in [6, 6.07) is 1.81. The van der Waals surface area contributed by atoms with Gasteiger partial charge in [0.05, 0.1) is 5.56 Å². The Hall–Kier alpha value is -1.27. The molecule has 2 aromatic heterocycles. The molecule has 1 aliphatic carbocycles.